The van der Waals surface area contributed by atoms with Crippen LogP contribution in [0.25, 0.3) is 10.4 Å². The van der Waals surface area contributed by atoms with Crippen LogP contribution in [0.5, 0.6) is 5.75 Å². The second kappa shape index (κ2) is 6.44. The Kier molecular flexibility index (Phi) is 4.65. The third-order valence-electron chi connectivity index (χ3n) is 3.18. The number of nitrogens with two attached hydrogens (primary N) is 1. The van der Waals surface area contributed by atoms with Gasteiger partial charge in [0, 0.05) is 4.88 Å². The van der Waals surface area contributed by atoms with Gasteiger partial charge in [-0.3, -0.25) is 0 Å². The minimum Gasteiger partial charge on any atom is -0.494 e. The van der Waals surface area contributed by atoms with Gasteiger partial charge in [0.1, 0.15) is 16.7 Å². The Morgan fingerprint density at radius 1 is 1.30 bits per heavy atom. The lowest BCUT2D eigenvalue weighted by Gasteiger charge is -2.06. The van der Waals surface area contributed by atoms with E-state index in [1.54, 1.807) is 0 Å². The lowest BCUT2D eigenvalue weighted by Crippen LogP contribution is -1.95. The molecular formula is C16H18N2OS. The molecule has 20 heavy (non-hydrogen) atoms. The van der Waals surface area contributed by atoms with Crippen LogP contribution in [0.3, 0.4) is 0 Å². The summed E-state index contributed by atoms with van der Waals surface area (Å²) in [6, 6.07) is 10.1. The number of rotatable bonds is 5. The second-order valence-corrected chi connectivity index (χ2v) is 5.66. The summed E-state index contributed by atoms with van der Waals surface area (Å²) >= 11 is 1.44. The van der Waals surface area contributed by atoms with Crippen LogP contribution in [0.4, 0.5) is 5.69 Å². The lowest BCUT2D eigenvalue weighted by molar-refractivity contribution is 0.309. The summed E-state index contributed by atoms with van der Waals surface area (Å²) in [4.78, 5) is 1.64. The van der Waals surface area contributed by atoms with Crippen molar-refractivity contribution < 1.29 is 4.74 Å². The van der Waals surface area contributed by atoms with E-state index in [2.05, 4.69) is 13.0 Å². The van der Waals surface area contributed by atoms with Gasteiger partial charge in [-0.25, -0.2) is 0 Å². The van der Waals surface area contributed by atoms with Crippen molar-refractivity contribution in [3.8, 4) is 22.3 Å². The molecule has 2 rings (SSSR count). The SMILES string of the molecule is CCCCOc1ccc(-c2sc(C#N)c(N)c2C)cc1. The summed E-state index contributed by atoms with van der Waals surface area (Å²) in [7, 11) is 0. The van der Waals surface area contributed by atoms with Crippen molar-refractivity contribution >= 4 is 17.0 Å². The minimum atomic E-state index is 0.584. The Bertz CT molecular complexity index is 623. The molecule has 0 aliphatic rings. The number of thiophene rings is 1. The Morgan fingerprint density at radius 2 is 2.00 bits per heavy atom. The van der Waals surface area contributed by atoms with E-state index in [0.717, 1.165) is 41.2 Å². The highest BCUT2D eigenvalue weighted by molar-refractivity contribution is 7.16. The zero-order chi connectivity index (χ0) is 14.5. The van der Waals surface area contributed by atoms with Crippen molar-refractivity contribution in [3.63, 3.8) is 0 Å². The maximum atomic E-state index is 9.03. The molecule has 0 amide bonds. The van der Waals surface area contributed by atoms with Gasteiger partial charge in [-0.2, -0.15) is 5.26 Å². The molecule has 1 heterocycles. The highest BCUT2D eigenvalue weighted by Crippen LogP contribution is 2.38. The molecule has 1 aromatic heterocycles. The molecule has 0 saturated heterocycles. The molecule has 0 spiro atoms. The smallest absolute Gasteiger partial charge is 0.128 e. The van der Waals surface area contributed by atoms with Gasteiger partial charge < -0.3 is 10.5 Å². The molecule has 3 nitrogen and oxygen atoms in total. The lowest BCUT2D eigenvalue weighted by atomic mass is 10.1. The molecule has 0 fully saturated rings. The fourth-order valence-corrected chi connectivity index (χ4v) is 2.95. The number of unbranched alkanes of at least 4 members (excludes halogenated alkanes) is 1. The highest BCUT2D eigenvalue weighted by Gasteiger charge is 2.13. The molecule has 0 bridgehead atoms. The summed E-state index contributed by atoms with van der Waals surface area (Å²) in [5.74, 6) is 0.880. The number of nitrogen functional groups attached to an aromatic ring is 1. The van der Waals surface area contributed by atoms with E-state index in [9.17, 15) is 0 Å². The van der Waals surface area contributed by atoms with Crippen LogP contribution < -0.4 is 10.5 Å². The number of hydrogen-bond acceptors (Lipinski definition) is 4. The fraction of sp³-hybridized carbons (Fsp3) is 0.312. The van der Waals surface area contributed by atoms with Gasteiger partial charge in [-0.05, 0) is 48.7 Å². The van der Waals surface area contributed by atoms with Crippen LogP contribution in [0, 0.1) is 18.3 Å². The van der Waals surface area contributed by atoms with E-state index in [4.69, 9.17) is 15.7 Å². The first-order chi connectivity index (χ1) is 9.67. The topological polar surface area (TPSA) is 59.0 Å². The molecule has 1 aromatic carbocycles. The van der Waals surface area contributed by atoms with Crippen molar-refractivity contribution in [3.05, 3.63) is 34.7 Å². The molecule has 0 unspecified atom stereocenters. The zero-order valence-corrected chi connectivity index (χ0v) is 12.6. The van der Waals surface area contributed by atoms with Gasteiger partial charge in [-0.1, -0.05) is 13.3 Å². The summed E-state index contributed by atoms with van der Waals surface area (Å²) in [6.45, 7) is 4.84. The zero-order valence-electron chi connectivity index (χ0n) is 11.8. The van der Waals surface area contributed by atoms with E-state index >= 15 is 0 Å². The quantitative estimate of drug-likeness (QED) is 0.831. The molecule has 2 aromatic rings. The van der Waals surface area contributed by atoms with Crippen molar-refractivity contribution in [1.82, 2.24) is 0 Å². The maximum Gasteiger partial charge on any atom is 0.128 e. The van der Waals surface area contributed by atoms with Gasteiger partial charge >= 0.3 is 0 Å². The molecule has 2 N–H and O–H groups in total. The van der Waals surface area contributed by atoms with Crippen molar-refractivity contribution in [2.24, 2.45) is 0 Å². The first kappa shape index (κ1) is 14.4. The third-order valence-corrected chi connectivity index (χ3v) is 4.44. The van der Waals surface area contributed by atoms with Crippen LogP contribution in [0.2, 0.25) is 0 Å². The standard InChI is InChI=1S/C16H18N2OS/c1-3-4-9-19-13-7-5-12(6-8-13)16-11(2)15(18)14(10-17)20-16/h5-8H,3-4,9,18H2,1-2H3. The summed E-state index contributed by atoms with van der Waals surface area (Å²) in [6.07, 6.45) is 2.19. The number of anilines is 1. The third kappa shape index (κ3) is 2.94. The number of hydrogen-bond donors (Lipinski definition) is 1. The van der Waals surface area contributed by atoms with Crippen LogP contribution in [-0.2, 0) is 0 Å². The molecule has 104 valence electrons. The molecule has 0 radical (unpaired) electrons. The molecular weight excluding hydrogens is 268 g/mol. The predicted octanol–water partition coefficient (Wildman–Crippen LogP) is 4.36. The maximum absolute atomic E-state index is 9.03. The Balaban J connectivity index is 2.20. The van der Waals surface area contributed by atoms with Crippen molar-refractivity contribution in [2.75, 3.05) is 12.3 Å². The molecule has 0 saturated carbocycles. The number of nitrogens with zero attached hydrogens (tertiary/aromatic N) is 1. The largest absolute Gasteiger partial charge is 0.494 e. The Labute approximate surface area is 123 Å². The first-order valence-corrected chi connectivity index (χ1v) is 7.51. The van der Waals surface area contributed by atoms with Crippen molar-refractivity contribution in [2.45, 2.75) is 26.7 Å². The monoisotopic (exact) mass is 286 g/mol. The first-order valence-electron chi connectivity index (χ1n) is 6.69. The Morgan fingerprint density at radius 3 is 2.55 bits per heavy atom. The molecule has 0 aliphatic carbocycles. The fourth-order valence-electron chi connectivity index (χ4n) is 1.92. The van der Waals surface area contributed by atoms with E-state index in [0.29, 0.717) is 10.6 Å². The van der Waals surface area contributed by atoms with Crippen LogP contribution in [0.1, 0.15) is 30.2 Å². The van der Waals surface area contributed by atoms with E-state index in [1.165, 1.54) is 11.3 Å². The van der Waals surface area contributed by atoms with Crippen molar-refractivity contribution in [1.29, 1.82) is 5.26 Å². The number of benzene rings is 1. The molecule has 0 aliphatic heterocycles. The molecule has 0 atom stereocenters. The van der Waals surface area contributed by atoms with Gasteiger partial charge in [0.2, 0.25) is 0 Å². The molecule has 4 heteroatoms. The predicted molar refractivity (Wildman–Crippen MR) is 84.0 cm³/mol. The highest BCUT2D eigenvalue weighted by atomic mass is 32.1. The van der Waals surface area contributed by atoms with Gasteiger partial charge in [0.15, 0.2) is 0 Å². The average molecular weight is 286 g/mol. The number of nitriles is 1. The normalized spacial score (nSPS) is 10.2. The van der Waals surface area contributed by atoms with Gasteiger partial charge in [-0.15, -0.1) is 11.3 Å². The van der Waals surface area contributed by atoms with E-state index < -0.39 is 0 Å². The van der Waals surface area contributed by atoms with Gasteiger partial charge in [0.05, 0.1) is 12.3 Å². The van der Waals surface area contributed by atoms with Crippen LogP contribution in [-0.4, -0.2) is 6.61 Å². The number of ether oxygens (including phenoxy) is 1. The Hall–Kier alpha value is -1.99. The van der Waals surface area contributed by atoms with Crippen LogP contribution in [0.15, 0.2) is 24.3 Å². The summed E-state index contributed by atoms with van der Waals surface area (Å²) in [5.41, 5.74) is 8.57. The minimum absolute atomic E-state index is 0.584. The summed E-state index contributed by atoms with van der Waals surface area (Å²) < 4.78 is 5.64. The second-order valence-electron chi connectivity index (χ2n) is 4.64. The van der Waals surface area contributed by atoms with E-state index in [1.807, 2.05) is 31.2 Å². The average Bonchev–Trinajstić information content (AvgIpc) is 2.76. The summed E-state index contributed by atoms with van der Waals surface area (Å²) in [5, 5.41) is 9.03. The van der Waals surface area contributed by atoms with E-state index in [-0.39, 0.29) is 0 Å². The van der Waals surface area contributed by atoms with Crippen LogP contribution >= 0.6 is 11.3 Å². The van der Waals surface area contributed by atoms with Gasteiger partial charge in [0.25, 0.3) is 0 Å².